The molecule has 0 aliphatic carbocycles. The van der Waals surface area contributed by atoms with Gasteiger partial charge < -0.3 is 5.32 Å². The molecule has 0 atom stereocenters. The summed E-state index contributed by atoms with van der Waals surface area (Å²) >= 11 is 3.39. The van der Waals surface area contributed by atoms with E-state index >= 15 is 0 Å². The van der Waals surface area contributed by atoms with Crippen LogP contribution in [0, 0.1) is 6.92 Å². The van der Waals surface area contributed by atoms with Crippen LogP contribution in [-0.4, -0.2) is 15.7 Å². The van der Waals surface area contributed by atoms with Crippen molar-refractivity contribution in [2.45, 2.75) is 6.92 Å². The summed E-state index contributed by atoms with van der Waals surface area (Å²) in [6.07, 6.45) is 1.59. The van der Waals surface area contributed by atoms with Gasteiger partial charge in [0.2, 0.25) is 0 Å². The maximum absolute atomic E-state index is 12.4. The molecule has 0 aliphatic heterocycles. The molecular weight excluding hydrogens is 342 g/mol. The maximum atomic E-state index is 12.4. The topological polar surface area (TPSA) is 46.9 Å². The summed E-state index contributed by atoms with van der Waals surface area (Å²) in [6, 6.07) is 17.2. The summed E-state index contributed by atoms with van der Waals surface area (Å²) in [5.74, 6) is -0.169. The molecule has 110 valence electrons. The third-order valence-corrected chi connectivity index (χ3v) is 3.83. The molecule has 0 bridgehead atoms. The van der Waals surface area contributed by atoms with Gasteiger partial charge >= 0.3 is 0 Å². The van der Waals surface area contributed by atoms with Gasteiger partial charge in [0.25, 0.3) is 5.91 Å². The van der Waals surface area contributed by atoms with Crippen LogP contribution in [0.1, 0.15) is 16.1 Å². The fourth-order valence-electron chi connectivity index (χ4n) is 2.23. The van der Waals surface area contributed by atoms with Gasteiger partial charge in [-0.15, -0.1) is 0 Å². The maximum Gasteiger partial charge on any atom is 0.259 e. The largest absolute Gasteiger partial charge is 0.322 e. The monoisotopic (exact) mass is 355 g/mol. The van der Waals surface area contributed by atoms with Gasteiger partial charge in [0.1, 0.15) is 0 Å². The van der Waals surface area contributed by atoms with Gasteiger partial charge in [-0.1, -0.05) is 40.2 Å². The Morgan fingerprint density at radius 3 is 2.64 bits per heavy atom. The molecule has 1 N–H and O–H groups in total. The van der Waals surface area contributed by atoms with Crippen molar-refractivity contribution in [3.8, 4) is 5.69 Å². The van der Waals surface area contributed by atoms with E-state index in [0.717, 1.165) is 21.5 Å². The second-order valence-corrected chi connectivity index (χ2v) is 5.77. The minimum atomic E-state index is -0.169. The van der Waals surface area contributed by atoms with Gasteiger partial charge in [-0.05, 0) is 37.3 Å². The minimum Gasteiger partial charge on any atom is -0.322 e. The van der Waals surface area contributed by atoms with Gasteiger partial charge in [0.15, 0.2) is 0 Å². The first-order valence-electron chi connectivity index (χ1n) is 6.82. The number of anilines is 1. The highest BCUT2D eigenvalue weighted by Crippen LogP contribution is 2.18. The predicted molar refractivity (Wildman–Crippen MR) is 90.4 cm³/mol. The van der Waals surface area contributed by atoms with Gasteiger partial charge in [-0.25, -0.2) is 4.68 Å². The van der Waals surface area contributed by atoms with Crippen molar-refractivity contribution >= 4 is 27.5 Å². The van der Waals surface area contributed by atoms with E-state index in [0.29, 0.717) is 5.56 Å². The molecular formula is C17H14BrN3O. The van der Waals surface area contributed by atoms with Crippen molar-refractivity contribution in [3.05, 3.63) is 76.5 Å². The Hall–Kier alpha value is -2.40. The number of para-hydroxylation sites is 1. The number of nitrogens with zero attached hydrogens (tertiary/aromatic N) is 2. The van der Waals surface area contributed by atoms with E-state index in [4.69, 9.17) is 0 Å². The normalized spacial score (nSPS) is 10.5. The van der Waals surface area contributed by atoms with Crippen LogP contribution in [0.5, 0.6) is 0 Å². The molecule has 0 fully saturated rings. The van der Waals surface area contributed by atoms with Crippen molar-refractivity contribution in [2.75, 3.05) is 5.32 Å². The average Bonchev–Trinajstić information content (AvgIpc) is 2.90. The van der Waals surface area contributed by atoms with E-state index in [2.05, 4.69) is 26.3 Å². The van der Waals surface area contributed by atoms with Gasteiger partial charge in [0, 0.05) is 10.2 Å². The number of carbonyl (C=O) groups is 1. The van der Waals surface area contributed by atoms with E-state index in [9.17, 15) is 4.79 Å². The molecule has 1 heterocycles. The predicted octanol–water partition coefficient (Wildman–Crippen LogP) is 4.20. The molecule has 1 aromatic heterocycles. The minimum absolute atomic E-state index is 0.169. The van der Waals surface area contributed by atoms with E-state index in [1.54, 1.807) is 10.9 Å². The number of benzene rings is 2. The van der Waals surface area contributed by atoms with Crippen LogP contribution in [0.4, 0.5) is 5.69 Å². The number of hydrogen-bond donors (Lipinski definition) is 1. The highest BCUT2D eigenvalue weighted by Gasteiger charge is 2.15. The summed E-state index contributed by atoms with van der Waals surface area (Å²) < 4.78 is 2.68. The second kappa shape index (κ2) is 6.15. The second-order valence-electron chi connectivity index (χ2n) is 4.86. The number of aromatic nitrogens is 2. The summed E-state index contributed by atoms with van der Waals surface area (Å²) in [4.78, 5) is 12.4. The SMILES string of the molecule is Cc1c(C(=O)Nc2cccc(Br)c2)cnn1-c1ccccc1. The Labute approximate surface area is 136 Å². The highest BCUT2D eigenvalue weighted by atomic mass is 79.9. The van der Waals surface area contributed by atoms with E-state index in [-0.39, 0.29) is 5.91 Å². The number of amides is 1. The van der Waals surface area contributed by atoms with Crippen LogP contribution < -0.4 is 5.32 Å². The van der Waals surface area contributed by atoms with Crippen LogP contribution in [0.25, 0.3) is 5.69 Å². The molecule has 0 aliphatic rings. The van der Waals surface area contributed by atoms with Crippen molar-refractivity contribution in [3.63, 3.8) is 0 Å². The molecule has 5 heteroatoms. The summed E-state index contributed by atoms with van der Waals surface area (Å²) in [7, 11) is 0. The van der Waals surface area contributed by atoms with Crippen LogP contribution in [0.15, 0.2) is 65.3 Å². The van der Waals surface area contributed by atoms with Crippen LogP contribution >= 0.6 is 15.9 Å². The zero-order valence-electron chi connectivity index (χ0n) is 12.0. The van der Waals surface area contributed by atoms with Gasteiger partial charge in [0.05, 0.1) is 23.1 Å². The Balaban J connectivity index is 1.87. The lowest BCUT2D eigenvalue weighted by Crippen LogP contribution is -2.13. The fraction of sp³-hybridized carbons (Fsp3) is 0.0588. The molecule has 0 spiro atoms. The number of carbonyl (C=O) groups excluding carboxylic acids is 1. The number of nitrogens with one attached hydrogen (secondary N) is 1. The van der Waals surface area contributed by atoms with Crippen molar-refractivity contribution in [1.82, 2.24) is 9.78 Å². The molecule has 0 saturated carbocycles. The summed E-state index contributed by atoms with van der Waals surface area (Å²) in [5.41, 5.74) is 3.04. The van der Waals surface area contributed by atoms with E-state index in [1.807, 2.05) is 61.5 Å². The van der Waals surface area contributed by atoms with Crippen LogP contribution in [0.2, 0.25) is 0 Å². The summed E-state index contributed by atoms with van der Waals surface area (Å²) in [5, 5.41) is 7.20. The number of hydrogen-bond acceptors (Lipinski definition) is 2. The smallest absolute Gasteiger partial charge is 0.259 e. The van der Waals surface area contributed by atoms with E-state index < -0.39 is 0 Å². The molecule has 3 rings (SSSR count). The van der Waals surface area contributed by atoms with Crippen molar-refractivity contribution in [2.24, 2.45) is 0 Å². The lowest BCUT2D eigenvalue weighted by molar-refractivity contribution is 0.102. The van der Waals surface area contributed by atoms with Gasteiger partial charge in [-0.2, -0.15) is 5.10 Å². The molecule has 1 amide bonds. The van der Waals surface area contributed by atoms with Crippen molar-refractivity contribution in [1.29, 1.82) is 0 Å². The standard InChI is InChI=1S/C17H14BrN3O/c1-12-16(11-19-21(12)15-8-3-2-4-9-15)17(22)20-14-7-5-6-13(18)10-14/h2-11H,1H3,(H,20,22). The first kappa shape index (κ1) is 14.5. The molecule has 22 heavy (non-hydrogen) atoms. The van der Waals surface area contributed by atoms with E-state index in [1.165, 1.54) is 0 Å². The lowest BCUT2D eigenvalue weighted by Gasteiger charge is -2.07. The Morgan fingerprint density at radius 1 is 1.14 bits per heavy atom. The third kappa shape index (κ3) is 2.94. The summed E-state index contributed by atoms with van der Waals surface area (Å²) in [6.45, 7) is 1.88. The molecule has 0 radical (unpaired) electrons. The van der Waals surface area contributed by atoms with Crippen LogP contribution in [-0.2, 0) is 0 Å². The quantitative estimate of drug-likeness (QED) is 0.765. The van der Waals surface area contributed by atoms with Gasteiger partial charge in [-0.3, -0.25) is 4.79 Å². The fourth-order valence-corrected chi connectivity index (χ4v) is 2.63. The molecule has 3 aromatic rings. The first-order chi connectivity index (χ1) is 10.6. The number of halogens is 1. The first-order valence-corrected chi connectivity index (χ1v) is 7.61. The molecule has 2 aromatic carbocycles. The lowest BCUT2D eigenvalue weighted by atomic mass is 10.2. The zero-order chi connectivity index (χ0) is 15.5. The van der Waals surface area contributed by atoms with Crippen molar-refractivity contribution < 1.29 is 4.79 Å². The Bertz CT molecular complexity index is 812. The third-order valence-electron chi connectivity index (χ3n) is 3.34. The number of rotatable bonds is 3. The molecule has 4 nitrogen and oxygen atoms in total. The zero-order valence-corrected chi connectivity index (χ0v) is 13.5. The Kier molecular flexibility index (Phi) is 4.06. The highest BCUT2D eigenvalue weighted by molar-refractivity contribution is 9.10. The average molecular weight is 356 g/mol. The van der Waals surface area contributed by atoms with Crippen LogP contribution in [0.3, 0.4) is 0 Å². The molecule has 0 saturated heterocycles. The molecule has 0 unspecified atom stereocenters. The Morgan fingerprint density at radius 2 is 1.91 bits per heavy atom.